The molecule has 0 saturated heterocycles. The molecule has 7 nitrogen and oxygen atoms in total. The smallest absolute Gasteiger partial charge is 0.316 e. The Morgan fingerprint density at radius 3 is 2.63 bits per heavy atom. The number of hydrogen-bond donors (Lipinski definition) is 3. The first-order chi connectivity index (χ1) is 9.04. The van der Waals surface area contributed by atoms with Crippen molar-refractivity contribution < 1.29 is 9.59 Å². The molecule has 0 atom stereocenters. The minimum Gasteiger partial charge on any atom is -0.350 e. The third kappa shape index (κ3) is 4.92. The van der Waals surface area contributed by atoms with Crippen LogP contribution in [-0.2, 0) is 6.54 Å². The molecule has 0 aliphatic rings. The summed E-state index contributed by atoms with van der Waals surface area (Å²) in [5.41, 5.74) is 6.63. The summed E-state index contributed by atoms with van der Waals surface area (Å²) >= 11 is 0. The largest absolute Gasteiger partial charge is 0.350 e. The van der Waals surface area contributed by atoms with E-state index in [2.05, 4.69) is 15.6 Å². The average molecular weight is 265 g/mol. The van der Waals surface area contributed by atoms with Crippen molar-refractivity contribution in [1.82, 2.24) is 20.5 Å². The predicted octanol–water partition coefficient (Wildman–Crippen LogP) is -0.459. The summed E-state index contributed by atoms with van der Waals surface area (Å²) in [5.74, 6) is -0.212. The highest BCUT2D eigenvalue weighted by Gasteiger charge is 2.06. The van der Waals surface area contributed by atoms with Crippen LogP contribution < -0.4 is 16.4 Å². The third-order valence-electron chi connectivity index (χ3n) is 2.38. The number of aromatic nitrogens is 1. The van der Waals surface area contributed by atoms with Crippen LogP contribution in [0.4, 0.5) is 4.79 Å². The van der Waals surface area contributed by atoms with Gasteiger partial charge in [-0.3, -0.25) is 9.78 Å². The summed E-state index contributed by atoms with van der Waals surface area (Å²) in [6.45, 7) is 1.02. The highest BCUT2D eigenvalue weighted by molar-refractivity contribution is 5.94. The van der Waals surface area contributed by atoms with Gasteiger partial charge in [-0.2, -0.15) is 0 Å². The maximum absolute atomic E-state index is 11.8. The van der Waals surface area contributed by atoms with Crippen molar-refractivity contribution in [3.63, 3.8) is 0 Å². The Labute approximate surface area is 112 Å². The van der Waals surface area contributed by atoms with Gasteiger partial charge in [-0.25, -0.2) is 4.79 Å². The van der Waals surface area contributed by atoms with Crippen LogP contribution in [0.25, 0.3) is 0 Å². The van der Waals surface area contributed by atoms with E-state index in [9.17, 15) is 9.59 Å². The van der Waals surface area contributed by atoms with E-state index < -0.39 is 0 Å². The second kappa shape index (κ2) is 7.32. The normalized spacial score (nSPS) is 9.84. The van der Waals surface area contributed by atoms with Gasteiger partial charge in [-0.05, 0) is 12.1 Å². The van der Waals surface area contributed by atoms with Crippen LogP contribution >= 0.6 is 0 Å². The van der Waals surface area contributed by atoms with E-state index in [-0.39, 0.29) is 11.9 Å². The average Bonchev–Trinajstić information content (AvgIpc) is 2.42. The predicted molar refractivity (Wildman–Crippen MR) is 71.5 cm³/mol. The first kappa shape index (κ1) is 14.9. The number of carbonyl (C=O) groups is 2. The van der Waals surface area contributed by atoms with E-state index in [1.54, 1.807) is 32.4 Å². The highest BCUT2D eigenvalue weighted by atomic mass is 16.2. The molecular formula is C12H19N5O2. The van der Waals surface area contributed by atoms with Crippen LogP contribution in [0, 0.1) is 0 Å². The lowest BCUT2D eigenvalue weighted by atomic mass is 10.2. The molecular weight excluding hydrogens is 246 g/mol. The zero-order valence-electron chi connectivity index (χ0n) is 11.1. The summed E-state index contributed by atoms with van der Waals surface area (Å²) in [5, 5.41) is 5.36. The molecule has 1 heterocycles. The lowest BCUT2D eigenvalue weighted by Crippen LogP contribution is -2.39. The van der Waals surface area contributed by atoms with Gasteiger partial charge in [0.15, 0.2) is 0 Å². The van der Waals surface area contributed by atoms with Gasteiger partial charge >= 0.3 is 6.03 Å². The van der Waals surface area contributed by atoms with Crippen LogP contribution in [0.5, 0.6) is 0 Å². The van der Waals surface area contributed by atoms with Crippen molar-refractivity contribution in [3.8, 4) is 0 Å². The first-order valence-corrected chi connectivity index (χ1v) is 5.93. The summed E-state index contributed by atoms with van der Waals surface area (Å²) in [7, 11) is 3.30. The van der Waals surface area contributed by atoms with Crippen LogP contribution in [0.15, 0.2) is 18.3 Å². The van der Waals surface area contributed by atoms with Gasteiger partial charge < -0.3 is 21.3 Å². The number of urea groups is 1. The third-order valence-corrected chi connectivity index (χ3v) is 2.38. The maximum atomic E-state index is 11.8. The monoisotopic (exact) mass is 265 g/mol. The number of rotatable bonds is 5. The molecule has 0 fully saturated rings. The van der Waals surface area contributed by atoms with Crippen molar-refractivity contribution in [2.24, 2.45) is 5.73 Å². The van der Waals surface area contributed by atoms with Crippen molar-refractivity contribution >= 4 is 11.9 Å². The minimum atomic E-state index is -0.212. The Hall–Kier alpha value is -2.15. The fourth-order valence-corrected chi connectivity index (χ4v) is 1.34. The van der Waals surface area contributed by atoms with E-state index in [1.807, 2.05) is 0 Å². The Bertz CT molecular complexity index is 448. The SMILES string of the molecule is CN(C)C(=O)NCCNC(=O)c1ccnc(CN)c1. The fraction of sp³-hybridized carbons (Fsp3) is 0.417. The van der Waals surface area contributed by atoms with Crippen molar-refractivity contribution in [1.29, 1.82) is 0 Å². The number of nitrogens with two attached hydrogens (primary N) is 1. The minimum absolute atomic E-state index is 0.191. The number of nitrogens with zero attached hydrogens (tertiary/aromatic N) is 2. The van der Waals surface area contributed by atoms with E-state index in [4.69, 9.17) is 5.73 Å². The Balaban J connectivity index is 2.37. The summed E-state index contributed by atoms with van der Waals surface area (Å²) < 4.78 is 0. The van der Waals surface area contributed by atoms with Crippen molar-refractivity contribution in [3.05, 3.63) is 29.6 Å². The van der Waals surface area contributed by atoms with Crippen LogP contribution in [0.1, 0.15) is 16.1 Å². The quantitative estimate of drug-likeness (QED) is 0.627. The van der Waals surface area contributed by atoms with Crippen LogP contribution in [0.2, 0.25) is 0 Å². The Kier molecular flexibility index (Phi) is 5.74. The number of hydrogen-bond acceptors (Lipinski definition) is 4. The molecule has 19 heavy (non-hydrogen) atoms. The molecule has 0 bridgehead atoms. The van der Waals surface area contributed by atoms with E-state index in [0.717, 1.165) is 0 Å². The lowest BCUT2D eigenvalue weighted by molar-refractivity contribution is 0.0953. The molecule has 0 saturated carbocycles. The summed E-state index contributed by atoms with van der Waals surface area (Å²) in [6.07, 6.45) is 1.55. The van der Waals surface area contributed by atoms with E-state index in [1.165, 1.54) is 4.90 Å². The second-order valence-electron chi connectivity index (χ2n) is 4.12. The van der Waals surface area contributed by atoms with Crippen LogP contribution in [-0.4, -0.2) is 49.0 Å². The van der Waals surface area contributed by atoms with Crippen molar-refractivity contribution in [2.45, 2.75) is 6.54 Å². The van der Waals surface area contributed by atoms with Gasteiger partial charge in [0.2, 0.25) is 0 Å². The molecule has 0 aliphatic carbocycles. The van der Waals surface area contributed by atoms with Gasteiger partial charge in [-0.15, -0.1) is 0 Å². The number of nitrogens with one attached hydrogen (secondary N) is 2. The highest BCUT2D eigenvalue weighted by Crippen LogP contribution is 2.00. The molecule has 1 aromatic heterocycles. The molecule has 1 aromatic rings. The van der Waals surface area contributed by atoms with Gasteiger partial charge in [-0.1, -0.05) is 0 Å². The topological polar surface area (TPSA) is 100 Å². The number of pyridine rings is 1. The molecule has 4 N–H and O–H groups in total. The standard InChI is InChI=1S/C12H19N5O2/c1-17(2)12(19)16-6-5-15-11(18)9-3-4-14-10(7-9)8-13/h3-4,7H,5-6,8,13H2,1-2H3,(H,15,18)(H,16,19). The Morgan fingerprint density at radius 1 is 1.32 bits per heavy atom. The summed E-state index contributed by atoms with van der Waals surface area (Å²) in [4.78, 5) is 28.5. The summed E-state index contributed by atoms with van der Waals surface area (Å²) in [6, 6.07) is 3.07. The molecule has 0 aromatic carbocycles. The lowest BCUT2D eigenvalue weighted by Gasteiger charge is -2.12. The number of carbonyl (C=O) groups excluding carboxylic acids is 2. The molecule has 104 valence electrons. The molecule has 7 heteroatoms. The molecule has 0 spiro atoms. The van der Waals surface area contributed by atoms with Gasteiger partial charge in [0.05, 0.1) is 5.69 Å². The van der Waals surface area contributed by atoms with Gasteiger partial charge in [0, 0.05) is 45.5 Å². The van der Waals surface area contributed by atoms with Crippen LogP contribution in [0.3, 0.4) is 0 Å². The molecule has 1 rings (SSSR count). The molecule has 0 radical (unpaired) electrons. The fourth-order valence-electron chi connectivity index (χ4n) is 1.34. The molecule has 0 aliphatic heterocycles. The zero-order chi connectivity index (χ0) is 14.3. The molecule has 3 amide bonds. The van der Waals surface area contributed by atoms with Gasteiger partial charge in [0.1, 0.15) is 0 Å². The maximum Gasteiger partial charge on any atom is 0.316 e. The second-order valence-corrected chi connectivity index (χ2v) is 4.12. The molecule has 0 unspecified atom stereocenters. The van der Waals surface area contributed by atoms with E-state index >= 15 is 0 Å². The van der Waals surface area contributed by atoms with Gasteiger partial charge in [0.25, 0.3) is 5.91 Å². The zero-order valence-corrected chi connectivity index (χ0v) is 11.1. The first-order valence-electron chi connectivity index (χ1n) is 5.93. The van der Waals surface area contributed by atoms with Crippen molar-refractivity contribution in [2.75, 3.05) is 27.2 Å². The van der Waals surface area contributed by atoms with E-state index in [0.29, 0.717) is 30.9 Å². The Morgan fingerprint density at radius 2 is 2.00 bits per heavy atom. The number of amides is 3.